The number of aryl methyl sites for hydroxylation is 1. The summed E-state index contributed by atoms with van der Waals surface area (Å²) in [7, 11) is 0. The van der Waals surface area contributed by atoms with Gasteiger partial charge in [0.2, 0.25) is 5.16 Å². The normalized spacial score (nSPS) is 11.1. The minimum absolute atomic E-state index is 0.254. The number of nitro benzene ring substituents is 2. The summed E-state index contributed by atoms with van der Waals surface area (Å²) in [6, 6.07) is 13.2. The fraction of sp³-hybridized carbons (Fsp3) is 0.0588. The first kappa shape index (κ1) is 16.9. The van der Waals surface area contributed by atoms with Gasteiger partial charge in [-0.15, -0.1) is 10.2 Å². The molecule has 2 heterocycles. The molecule has 0 fully saturated rings. The van der Waals surface area contributed by atoms with E-state index in [1.807, 2.05) is 41.7 Å². The van der Waals surface area contributed by atoms with E-state index in [4.69, 9.17) is 0 Å². The zero-order valence-electron chi connectivity index (χ0n) is 13.9. The smallest absolute Gasteiger partial charge is 0.270 e. The van der Waals surface area contributed by atoms with Crippen molar-refractivity contribution in [2.24, 2.45) is 0 Å². The van der Waals surface area contributed by atoms with Gasteiger partial charge >= 0.3 is 0 Å². The van der Waals surface area contributed by atoms with Crippen LogP contribution >= 0.6 is 11.8 Å². The van der Waals surface area contributed by atoms with Gasteiger partial charge in [0, 0.05) is 11.5 Å². The minimum Gasteiger partial charge on any atom is -0.270 e. The molecule has 0 aliphatic carbocycles. The second kappa shape index (κ2) is 6.32. The van der Waals surface area contributed by atoms with Crippen LogP contribution in [0.2, 0.25) is 0 Å². The van der Waals surface area contributed by atoms with Crippen molar-refractivity contribution in [3.8, 4) is 0 Å². The Morgan fingerprint density at radius 3 is 2.52 bits per heavy atom. The van der Waals surface area contributed by atoms with Crippen molar-refractivity contribution in [1.82, 2.24) is 14.6 Å². The van der Waals surface area contributed by atoms with Crippen molar-refractivity contribution >= 4 is 39.7 Å². The van der Waals surface area contributed by atoms with E-state index in [1.165, 1.54) is 12.1 Å². The van der Waals surface area contributed by atoms with E-state index in [0.717, 1.165) is 34.3 Å². The highest BCUT2D eigenvalue weighted by Crippen LogP contribution is 2.37. The lowest BCUT2D eigenvalue weighted by atomic mass is 10.1. The van der Waals surface area contributed by atoms with Gasteiger partial charge in [0.05, 0.1) is 26.3 Å². The molecule has 0 spiro atoms. The van der Waals surface area contributed by atoms with E-state index in [-0.39, 0.29) is 16.3 Å². The fourth-order valence-electron chi connectivity index (χ4n) is 2.89. The predicted molar refractivity (Wildman–Crippen MR) is 99.1 cm³/mol. The number of nitrogens with zero attached hydrogens (tertiary/aromatic N) is 5. The molecule has 0 radical (unpaired) electrons. The second-order valence-corrected chi connectivity index (χ2v) is 6.80. The van der Waals surface area contributed by atoms with Gasteiger partial charge in [-0.05, 0) is 42.4 Å². The standard InChI is InChI=1S/C17H11N5O4S/c1-10-8-16-18-19-17(20(16)13-5-3-2-4-12(10)13)27-15-7-6-11(21(23)24)9-14(15)22(25)26/h2-9H,1H3. The van der Waals surface area contributed by atoms with Crippen molar-refractivity contribution in [2.75, 3.05) is 0 Å². The molecule has 2 aromatic carbocycles. The largest absolute Gasteiger partial charge is 0.290 e. The molecule has 0 atom stereocenters. The SMILES string of the molecule is Cc1cc2nnc(Sc3ccc([N+](=O)[O-])cc3[N+](=O)[O-])n2c2ccccc12. The van der Waals surface area contributed by atoms with E-state index < -0.39 is 9.85 Å². The lowest BCUT2D eigenvalue weighted by molar-refractivity contribution is -0.396. The van der Waals surface area contributed by atoms with Crippen LogP contribution in [0.4, 0.5) is 11.4 Å². The van der Waals surface area contributed by atoms with Gasteiger partial charge in [0.1, 0.15) is 0 Å². The summed E-state index contributed by atoms with van der Waals surface area (Å²) in [5.74, 6) is 0. The van der Waals surface area contributed by atoms with Crippen LogP contribution in [0.5, 0.6) is 0 Å². The molecule has 9 nitrogen and oxygen atoms in total. The van der Waals surface area contributed by atoms with Gasteiger partial charge in [-0.25, -0.2) is 0 Å². The molecule has 0 saturated heterocycles. The Balaban J connectivity index is 1.89. The first-order chi connectivity index (χ1) is 13.0. The third-order valence-electron chi connectivity index (χ3n) is 4.13. The number of non-ortho nitro benzene ring substituents is 1. The molecule has 0 amide bonds. The molecule has 27 heavy (non-hydrogen) atoms. The predicted octanol–water partition coefficient (Wildman–Crippen LogP) is 4.16. The van der Waals surface area contributed by atoms with Crippen molar-refractivity contribution in [2.45, 2.75) is 17.0 Å². The lowest BCUT2D eigenvalue weighted by Crippen LogP contribution is -1.96. The fourth-order valence-corrected chi connectivity index (χ4v) is 3.82. The van der Waals surface area contributed by atoms with Gasteiger partial charge in [-0.1, -0.05) is 18.2 Å². The number of benzene rings is 2. The number of pyridine rings is 1. The van der Waals surface area contributed by atoms with E-state index >= 15 is 0 Å². The van der Waals surface area contributed by atoms with E-state index in [1.54, 1.807) is 0 Å². The van der Waals surface area contributed by atoms with Crippen LogP contribution in [0, 0.1) is 27.2 Å². The minimum atomic E-state index is -0.662. The molecule has 134 valence electrons. The summed E-state index contributed by atoms with van der Waals surface area (Å²) in [5.41, 5.74) is 1.87. The maximum absolute atomic E-state index is 11.4. The average molecular weight is 381 g/mol. The molecule has 0 N–H and O–H groups in total. The van der Waals surface area contributed by atoms with Crippen molar-refractivity contribution < 1.29 is 9.85 Å². The number of aromatic nitrogens is 3. The quantitative estimate of drug-likeness (QED) is 0.385. The summed E-state index contributed by atoms with van der Waals surface area (Å²) in [6.45, 7) is 1.98. The van der Waals surface area contributed by atoms with Crippen molar-refractivity contribution in [3.05, 3.63) is 74.3 Å². The summed E-state index contributed by atoms with van der Waals surface area (Å²) in [4.78, 5) is 21.2. The number of hydrogen-bond donors (Lipinski definition) is 0. The number of fused-ring (bicyclic) bond motifs is 3. The molecule has 0 unspecified atom stereocenters. The Morgan fingerprint density at radius 1 is 1.00 bits per heavy atom. The van der Waals surface area contributed by atoms with E-state index in [0.29, 0.717) is 10.8 Å². The molecular formula is C17H11N5O4S. The van der Waals surface area contributed by atoms with E-state index in [9.17, 15) is 20.2 Å². The summed E-state index contributed by atoms with van der Waals surface area (Å²) in [6.07, 6.45) is 0. The highest BCUT2D eigenvalue weighted by molar-refractivity contribution is 7.99. The highest BCUT2D eigenvalue weighted by atomic mass is 32.2. The molecule has 4 aromatic rings. The van der Waals surface area contributed by atoms with Gasteiger partial charge in [0.25, 0.3) is 11.4 Å². The molecule has 0 aliphatic heterocycles. The van der Waals surface area contributed by atoms with Gasteiger partial charge in [-0.3, -0.25) is 24.6 Å². The third-order valence-corrected chi connectivity index (χ3v) is 5.14. The van der Waals surface area contributed by atoms with Crippen LogP contribution in [-0.2, 0) is 0 Å². The molecule has 4 rings (SSSR count). The molecule has 0 bridgehead atoms. The van der Waals surface area contributed by atoms with Crippen LogP contribution in [0.15, 0.2) is 58.6 Å². The summed E-state index contributed by atoms with van der Waals surface area (Å²) in [5, 5.41) is 32.1. The van der Waals surface area contributed by atoms with E-state index in [2.05, 4.69) is 10.2 Å². The molecule has 2 aromatic heterocycles. The number of hydrogen-bond acceptors (Lipinski definition) is 7. The lowest BCUT2D eigenvalue weighted by Gasteiger charge is -2.07. The Morgan fingerprint density at radius 2 is 1.78 bits per heavy atom. The molecule has 0 saturated carbocycles. The second-order valence-electron chi connectivity index (χ2n) is 5.79. The van der Waals surface area contributed by atoms with Gasteiger partial charge < -0.3 is 0 Å². The Labute approximate surface area is 155 Å². The number of nitro groups is 2. The monoisotopic (exact) mass is 381 g/mol. The zero-order valence-corrected chi connectivity index (χ0v) is 14.7. The number of rotatable bonds is 4. The van der Waals surface area contributed by atoms with Crippen molar-refractivity contribution in [1.29, 1.82) is 0 Å². The third kappa shape index (κ3) is 2.85. The van der Waals surface area contributed by atoms with Crippen molar-refractivity contribution in [3.63, 3.8) is 0 Å². The maximum atomic E-state index is 11.4. The summed E-state index contributed by atoms with van der Waals surface area (Å²) < 4.78 is 1.82. The zero-order chi connectivity index (χ0) is 19.1. The number of para-hydroxylation sites is 1. The molecule has 10 heteroatoms. The van der Waals surface area contributed by atoms with Crippen LogP contribution in [-0.4, -0.2) is 24.4 Å². The first-order valence-electron chi connectivity index (χ1n) is 7.80. The topological polar surface area (TPSA) is 116 Å². The molecular weight excluding hydrogens is 370 g/mol. The van der Waals surface area contributed by atoms with Gasteiger partial charge in [0.15, 0.2) is 5.65 Å². The summed E-state index contributed by atoms with van der Waals surface area (Å²) >= 11 is 1.04. The average Bonchev–Trinajstić information content (AvgIpc) is 3.04. The van der Waals surface area contributed by atoms with Crippen LogP contribution in [0.1, 0.15) is 5.56 Å². The molecule has 0 aliphatic rings. The van der Waals surface area contributed by atoms with Crippen LogP contribution in [0.25, 0.3) is 16.6 Å². The van der Waals surface area contributed by atoms with Crippen LogP contribution in [0.3, 0.4) is 0 Å². The first-order valence-corrected chi connectivity index (χ1v) is 8.61. The van der Waals surface area contributed by atoms with Gasteiger partial charge in [-0.2, -0.15) is 0 Å². The Kier molecular flexibility index (Phi) is 3.96. The Hall–Kier alpha value is -3.53. The Bertz CT molecular complexity index is 1240. The highest BCUT2D eigenvalue weighted by Gasteiger charge is 2.22. The maximum Gasteiger partial charge on any atom is 0.290 e. The van der Waals surface area contributed by atoms with Crippen LogP contribution < -0.4 is 0 Å².